The fraction of sp³-hybridized carbons (Fsp3) is 0.700. The number of hydrogen-bond acceptors (Lipinski definition) is 3. The molecule has 76 valence electrons. The molecule has 0 aliphatic carbocycles. The molecule has 4 heteroatoms. The molecule has 0 unspecified atom stereocenters. The maximum atomic E-state index is 5.17. The molecule has 0 atom stereocenters. The Kier molecular flexibility index (Phi) is 1.85. The van der Waals surface area contributed by atoms with Gasteiger partial charge in [-0.2, -0.15) is 5.10 Å². The summed E-state index contributed by atoms with van der Waals surface area (Å²) in [7, 11) is 0. The smallest absolute Gasteiger partial charge is 0.0773 e. The fourth-order valence-corrected chi connectivity index (χ4v) is 2.02. The number of aryl methyl sites for hydroxylation is 1. The predicted octanol–water partition coefficient (Wildman–Crippen LogP) is 0.447. The van der Waals surface area contributed by atoms with Crippen LogP contribution in [0.1, 0.15) is 11.7 Å². The van der Waals surface area contributed by atoms with Gasteiger partial charge in [0.25, 0.3) is 0 Å². The molecule has 2 aliphatic heterocycles. The van der Waals surface area contributed by atoms with E-state index in [4.69, 9.17) is 4.74 Å². The molecule has 3 heterocycles. The van der Waals surface area contributed by atoms with Gasteiger partial charge in [-0.3, -0.25) is 9.58 Å². The van der Waals surface area contributed by atoms with Crippen molar-refractivity contribution in [2.24, 2.45) is 0 Å². The second-order valence-corrected chi connectivity index (χ2v) is 4.24. The Labute approximate surface area is 83.5 Å². The van der Waals surface area contributed by atoms with Crippen LogP contribution < -0.4 is 0 Å². The first kappa shape index (κ1) is 8.44. The van der Waals surface area contributed by atoms with Gasteiger partial charge in [0.05, 0.1) is 31.0 Å². The van der Waals surface area contributed by atoms with Crippen molar-refractivity contribution in [2.75, 3.05) is 26.3 Å². The van der Waals surface area contributed by atoms with Gasteiger partial charge in [0.2, 0.25) is 0 Å². The van der Waals surface area contributed by atoms with Crippen molar-refractivity contribution in [3.8, 4) is 0 Å². The monoisotopic (exact) mass is 193 g/mol. The average molecular weight is 193 g/mol. The first-order valence-corrected chi connectivity index (χ1v) is 5.16. The van der Waals surface area contributed by atoms with Crippen LogP contribution in [-0.2, 0) is 4.74 Å². The van der Waals surface area contributed by atoms with E-state index in [1.807, 2.05) is 6.92 Å². The average Bonchev–Trinajstić information content (AvgIpc) is 2.38. The molecule has 0 spiro atoms. The zero-order valence-electron chi connectivity index (χ0n) is 8.39. The highest BCUT2D eigenvalue weighted by Crippen LogP contribution is 2.25. The largest absolute Gasteiger partial charge is 0.378 e. The van der Waals surface area contributed by atoms with E-state index in [9.17, 15) is 0 Å². The van der Waals surface area contributed by atoms with Crippen LogP contribution in [0.15, 0.2) is 12.3 Å². The van der Waals surface area contributed by atoms with Gasteiger partial charge in [-0.1, -0.05) is 0 Å². The standard InChI is InChI=1S/C10H15N3O/c1-8-2-3-13(11-8)9-4-12(5-9)10-6-14-7-10/h2-3,9-10H,4-7H2,1H3. The molecule has 14 heavy (non-hydrogen) atoms. The molecule has 0 amide bonds. The van der Waals surface area contributed by atoms with E-state index in [0.717, 1.165) is 32.0 Å². The highest BCUT2D eigenvalue weighted by atomic mass is 16.5. The van der Waals surface area contributed by atoms with Crippen LogP contribution in [0.25, 0.3) is 0 Å². The van der Waals surface area contributed by atoms with Crippen molar-refractivity contribution in [3.63, 3.8) is 0 Å². The zero-order valence-corrected chi connectivity index (χ0v) is 8.39. The Morgan fingerprint density at radius 3 is 2.64 bits per heavy atom. The van der Waals surface area contributed by atoms with Gasteiger partial charge in [0, 0.05) is 19.3 Å². The van der Waals surface area contributed by atoms with Gasteiger partial charge in [0.15, 0.2) is 0 Å². The van der Waals surface area contributed by atoms with Crippen LogP contribution in [0.2, 0.25) is 0 Å². The van der Waals surface area contributed by atoms with Crippen LogP contribution in [0.4, 0.5) is 0 Å². The second-order valence-electron chi connectivity index (χ2n) is 4.24. The molecular formula is C10H15N3O. The molecule has 2 aliphatic rings. The summed E-state index contributed by atoms with van der Waals surface area (Å²) >= 11 is 0. The molecule has 4 nitrogen and oxygen atoms in total. The minimum absolute atomic E-state index is 0.587. The highest BCUT2D eigenvalue weighted by molar-refractivity contribution is 4.99. The number of nitrogens with zero attached hydrogens (tertiary/aromatic N) is 3. The molecular weight excluding hydrogens is 178 g/mol. The number of likely N-dealkylation sites (tertiary alicyclic amines) is 1. The second kappa shape index (κ2) is 3.07. The lowest BCUT2D eigenvalue weighted by Crippen LogP contribution is -2.59. The summed E-state index contributed by atoms with van der Waals surface area (Å²) in [6.07, 6.45) is 2.08. The normalized spacial score (nSPS) is 24.6. The number of rotatable bonds is 2. The van der Waals surface area contributed by atoms with Gasteiger partial charge in [-0.05, 0) is 13.0 Å². The Bertz CT molecular complexity index is 326. The molecule has 0 N–H and O–H groups in total. The molecule has 0 bridgehead atoms. The summed E-state index contributed by atoms with van der Waals surface area (Å²) < 4.78 is 7.26. The third-order valence-electron chi connectivity index (χ3n) is 3.14. The topological polar surface area (TPSA) is 30.3 Å². The predicted molar refractivity (Wildman–Crippen MR) is 52.2 cm³/mol. The van der Waals surface area contributed by atoms with Gasteiger partial charge < -0.3 is 4.74 Å². The van der Waals surface area contributed by atoms with Crippen LogP contribution >= 0.6 is 0 Å². The van der Waals surface area contributed by atoms with Crippen LogP contribution in [0, 0.1) is 6.92 Å². The molecule has 1 aromatic heterocycles. The van der Waals surface area contributed by atoms with Crippen LogP contribution in [-0.4, -0.2) is 47.0 Å². The molecule has 0 aromatic carbocycles. The van der Waals surface area contributed by atoms with Crippen molar-refractivity contribution < 1.29 is 4.74 Å². The lowest BCUT2D eigenvalue weighted by Gasteiger charge is -2.47. The summed E-state index contributed by atoms with van der Waals surface area (Å²) in [6.45, 7) is 6.15. The highest BCUT2D eigenvalue weighted by Gasteiger charge is 2.36. The maximum absolute atomic E-state index is 5.17. The molecule has 1 aromatic rings. The van der Waals surface area contributed by atoms with Gasteiger partial charge in [-0.25, -0.2) is 0 Å². The summed E-state index contributed by atoms with van der Waals surface area (Å²) in [5.74, 6) is 0. The van der Waals surface area contributed by atoms with E-state index in [1.165, 1.54) is 0 Å². The summed E-state index contributed by atoms with van der Waals surface area (Å²) in [5, 5.41) is 4.43. The van der Waals surface area contributed by atoms with Crippen molar-refractivity contribution >= 4 is 0 Å². The molecule has 0 radical (unpaired) electrons. The summed E-state index contributed by atoms with van der Waals surface area (Å²) in [5.41, 5.74) is 1.11. The lowest BCUT2D eigenvalue weighted by atomic mass is 10.0. The summed E-state index contributed by atoms with van der Waals surface area (Å²) in [4.78, 5) is 2.48. The molecule has 2 saturated heterocycles. The van der Waals surface area contributed by atoms with Gasteiger partial charge >= 0.3 is 0 Å². The zero-order chi connectivity index (χ0) is 9.54. The third-order valence-corrected chi connectivity index (χ3v) is 3.14. The molecule has 0 saturated carbocycles. The first-order chi connectivity index (χ1) is 6.83. The maximum Gasteiger partial charge on any atom is 0.0773 e. The van der Waals surface area contributed by atoms with E-state index in [-0.39, 0.29) is 0 Å². The SMILES string of the molecule is Cc1ccn(C2CN(C3COC3)C2)n1. The quantitative estimate of drug-likeness (QED) is 0.683. The lowest BCUT2D eigenvalue weighted by molar-refractivity contribution is -0.0997. The van der Waals surface area contributed by atoms with E-state index >= 15 is 0 Å². The fourth-order valence-electron chi connectivity index (χ4n) is 2.02. The van der Waals surface area contributed by atoms with Crippen LogP contribution in [0.3, 0.4) is 0 Å². The third kappa shape index (κ3) is 1.26. The van der Waals surface area contributed by atoms with Crippen molar-refractivity contribution in [3.05, 3.63) is 18.0 Å². The van der Waals surface area contributed by atoms with Crippen LogP contribution in [0.5, 0.6) is 0 Å². The van der Waals surface area contributed by atoms with Crippen molar-refractivity contribution in [1.82, 2.24) is 14.7 Å². The van der Waals surface area contributed by atoms with Crippen molar-refractivity contribution in [2.45, 2.75) is 19.0 Å². The van der Waals surface area contributed by atoms with Gasteiger partial charge in [0.1, 0.15) is 0 Å². The number of aromatic nitrogens is 2. The first-order valence-electron chi connectivity index (χ1n) is 5.16. The van der Waals surface area contributed by atoms with E-state index in [1.54, 1.807) is 0 Å². The Morgan fingerprint density at radius 1 is 1.36 bits per heavy atom. The van der Waals surface area contributed by atoms with E-state index in [0.29, 0.717) is 12.1 Å². The minimum atomic E-state index is 0.587. The van der Waals surface area contributed by atoms with Gasteiger partial charge in [-0.15, -0.1) is 0 Å². The van der Waals surface area contributed by atoms with E-state index in [2.05, 4.69) is 26.9 Å². The Morgan fingerprint density at radius 2 is 2.14 bits per heavy atom. The Balaban J connectivity index is 1.58. The van der Waals surface area contributed by atoms with Crippen molar-refractivity contribution in [1.29, 1.82) is 0 Å². The Hall–Kier alpha value is -0.870. The number of hydrogen-bond donors (Lipinski definition) is 0. The number of ether oxygens (including phenoxy) is 1. The minimum Gasteiger partial charge on any atom is -0.378 e. The summed E-state index contributed by atoms with van der Waals surface area (Å²) in [6, 6.07) is 3.34. The van der Waals surface area contributed by atoms with E-state index < -0.39 is 0 Å². The molecule has 2 fully saturated rings. The molecule has 3 rings (SSSR count).